The van der Waals surface area contributed by atoms with Crippen molar-refractivity contribution in [1.82, 2.24) is 0 Å². The molecule has 0 saturated heterocycles. The van der Waals surface area contributed by atoms with E-state index in [1.807, 2.05) is 12.3 Å². The predicted octanol–water partition coefficient (Wildman–Crippen LogP) is 1.96. The molecule has 2 aliphatic rings. The Kier molecular flexibility index (Phi) is 1.71. The van der Waals surface area contributed by atoms with E-state index in [-0.39, 0.29) is 6.85 Å². The molecule has 0 amide bonds. The van der Waals surface area contributed by atoms with E-state index in [2.05, 4.69) is 47.1 Å². The number of nitrogens with zero attached hydrogens (tertiary/aromatic N) is 1. The van der Waals surface area contributed by atoms with Gasteiger partial charge in [-0.05, 0) is 23.9 Å². The van der Waals surface area contributed by atoms with Crippen LogP contribution in [0.4, 0.5) is 5.69 Å². The zero-order chi connectivity index (χ0) is 10.3. The molecular formula is C12H11BN2. The highest BCUT2D eigenvalue weighted by Gasteiger charge is 2.24. The number of hydrogen-bond donors (Lipinski definition) is 1. The standard InChI is InChI=1S/C12H11BN2/c14-11-6-8-15-12-4-2-1-3-10(12)5-7-13(15)9-11/h1-9H,14H2. The number of nitrogens with two attached hydrogens (primary N) is 1. The summed E-state index contributed by atoms with van der Waals surface area (Å²) in [5, 5.41) is 0. The second-order valence-electron chi connectivity index (χ2n) is 3.80. The minimum Gasteiger partial charge on any atom is -0.400 e. The van der Waals surface area contributed by atoms with Gasteiger partial charge < -0.3 is 10.5 Å². The van der Waals surface area contributed by atoms with Gasteiger partial charge in [-0.1, -0.05) is 36.2 Å². The lowest BCUT2D eigenvalue weighted by Crippen LogP contribution is -2.37. The molecule has 1 aromatic rings. The summed E-state index contributed by atoms with van der Waals surface area (Å²) in [4.78, 5) is 2.23. The third-order valence-electron chi connectivity index (χ3n) is 2.80. The van der Waals surface area contributed by atoms with Crippen molar-refractivity contribution in [2.24, 2.45) is 5.73 Å². The number of rotatable bonds is 0. The molecule has 72 valence electrons. The number of fused-ring (bicyclic) bond motifs is 3. The molecule has 2 aliphatic heterocycles. The first-order chi connectivity index (χ1) is 7.34. The molecule has 0 unspecified atom stereocenters. The summed E-state index contributed by atoms with van der Waals surface area (Å²) in [5.41, 5.74) is 9.11. The summed E-state index contributed by atoms with van der Waals surface area (Å²) in [6.45, 7) is 0.268. The molecule has 15 heavy (non-hydrogen) atoms. The van der Waals surface area contributed by atoms with Gasteiger partial charge in [0, 0.05) is 11.4 Å². The molecule has 0 fully saturated rings. The summed E-state index contributed by atoms with van der Waals surface area (Å²) in [6.07, 6.45) is 6.13. The second kappa shape index (κ2) is 3.06. The van der Waals surface area contributed by atoms with E-state index in [0.717, 1.165) is 5.70 Å². The fraction of sp³-hybridized carbons (Fsp3) is 0. The van der Waals surface area contributed by atoms with E-state index in [1.165, 1.54) is 11.3 Å². The normalized spacial score (nSPS) is 17.2. The van der Waals surface area contributed by atoms with Crippen LogP contribution in [0.15, 0.2) is 54.2 Å². The molecule has 2 N–H and O–H groups in total. The second-order valence-corrected chi connectivity index (χ2v) is 3.80. The number of para-hydroxylation sites is 1. The fourth-order valence-corrected chi connectivity index (χ4v) is 2.05. The van der Waals surface area contributed by atoms with Crippen LogP contribution in [0.3, 0.4) is 0 Å². The highest BCUT2D eigenvalue weighted by molar-refractivity contribution is 6.75. The average Bonchev–Trinajstić information content (AvgIpc) is 2.28. The largest absolute Gasteiger partial charge is 0.400 e. The van der Waals surface area contributed by atoms with Gasteiger partial charge in [0.25, 0.3) is 0 Å². The van der Waals surface area contributed by atoms with Gasteiger partial charge in [0.15, 0.2) is 0 Å². The van der Waals surface area contributed by atoms with Crippen molar-refractivity contribution >= 4 is 18.6 Å². The molecule has 0 saturated carbocycles. The van der Waals surface area contributed by atoms with E-state index >= 15 is 0 Å². The lowest BCUT2D eigenvalue weighted by atomic mass is 9.56. The van der Waals surface area contributed by atoms with E-state index in [0.29, 0.717) is 0 Å². The average molecular weight is 194 g/mol. The molecule has 2 nitrogen and oxygen atoms in total. The van der Waals surface area contributed by atoms with Crippen LogP contribution in [0.2, 0.25) is 0 Å². The van der Waals surface area contributed by atoms with Crippen LogP contribution in [-0.2, 0) is 0 Å². The third kappa shape index (κ3) is 1.28. The molecule has 3 rings (SSSR count). The Balaban J connectivity index is 2.12. The van der Waals surface area contributed by atoms with Gasteiger partial charge in [0.1, 0.15) is 0 Å². The maximum Gasteiger partial charge on any atom is 0.314 e. The molecular weight excluding hydrogens is 183 g/mol. The van der Waals surface area contributed by atoms with Gasteiger partial charge in [0.05, 0.1) is 0 Å². The van der Waals surface area contributed by atoms with Crippen LogP contribution in [0.5, 0.6) is 0 Å². The van der Waals surface area contributed by atoms with Crippen molar-refractivity contribution in [1.29, 1.82) is 0 Å². The monoisotopic (exact) mass is 194 g/mol. The molecule has 0 radical (unpaired) electrons. The Morgan fingerprint density at radius 2 is 2.00 bits per heavy atom. The topological polar surface area (TPSA) is 29.3 Å². The molecule has 0 aromatic heterocycles. The van der Waals surface area contributed by atoms with Crippen molar-refractivity contribution in [2.75, 3.05) is 4.81 Å². The van der Waals surface area contributed by atoms with E-state index < -0.39 is 0 Å². The smallest absolute Gasteiger partial charge is 0.314 e. The van der Waals surface area contributed by atoms with Gasteiger partial charge in [-0.15, -0.1) is 0 Å². The number of anilines is 1. The fourth-order valence-electron chi connectivity index (χ4n) is 2.05. The molecule has 0 aliphatic carbocycles. The highest BCUT2D eigenvalue weighted by Crippen LogP contribution is 2.29. The van der Waals surface area contributed by atoms with Gasteiger partial charge in [-0.2, -0.15) is 0 Å². The molecule has 2 heterocycles. The van der Waals surface area contributed by atoms with E-state index in [9.17, 15) is 0 Å². The van der Waals surface area contributed by atoms with Gasteiger partial charge in [-0.25, -0.2) is 0 Å². The third-order valence-corrected chi connectivity index (χ3v) is 2.80. The summed E-state index contributed by atoms with van der Waals surface area (Å²) in [6, 6.07) is 8.37. The van der Waals surface area contributed by atoms with Crippen molar-refractivity contribution in [3.05, 3.63) is 59.8 Å². The van der Waals surface area contributed by atoms with Gasteiger partial charge in [-0.3, -0.25) is 0 Å². The Bertz CT molecular complexity index is 488. The lowest BCUT2D eigenvalue weighted by molar-refractivity contribution is 1.31. The zero-order valence-electron chi connectivity index (χ0n) is 8.30. The molecule has 1 aromatic carbocycles. The van der Waals surface area contributed by atoms with Gasteiger partial charge >= 0.3 is 6.85 Å². The number of hydrogen-bond acceptors (Lipinski definition) is 2. The maximum atomic E-state index is 5.78. The molecule has 0 spiro atoms. The number of benzene rings is 1. The molecule has 0 bridgehead atoms. The highest BCUT2D eigenvalue weighted by atomic mass is 15.1. The van der Waals surface area contributed by atoms with Crippen LogP contribution in [-0.4, -0.2) is 6.85 Å². The van der Waals surface area contributed by atoms with Crippen molar-refractivity contribution in [2.45, 2.75) is 0 Å². The minimum absolute atomic E-state index is 0.268. The summed E-state index contributed by atoms with van der Waals surface area (Å²) < 4.78 is 0. The minimum atomic E-state index is 0.268. The molecule has 3 heteroatoms. The van der Waals surface area contributed by atoms with Crippen molar-refractivity contribution < 1.29 is 0 Å². The van der Waals surface area contributed by atoms with Crippen LogP contribution in [0.1, 0.15) is 5.56 Å². The lowest BCUT2D eigenvalue weighted by Gasteiger charge is -2.31. The Morgan fingerprint density at radius 1 is 1.13 bits per heavy atom. The predicted molar refractivity (Wildman–Crippen MR) is 65.1 cm³/mol. The van der Waals surface area contributed by atoms with Crippen molar-refractivity contribution in [3.63, 3.8) is 0 Å². The zero-order valence-corrected chi connectivity index (χ0v) is 8.30. The first-order valence-corrected chi connectivity index (χ1v) is 5.06. The quantitative estimate of drug-likeness (QED) is 0.639. The van der Waals surface area contributed by atoms with Crippen LogP contribution in [0.25, 0.3) is 6.08 Å². The van der Waals surface area contributed by atoms with Crippen LogP contribution >= 0.6 is 0 Å². The Labute approximate surface area is 89.5 Å². The summed E-state index contributed by atoms with van der Waals surface area (Å²) >= 11 is 0. The SMILES string of the molecule is NC1=CB2C=Cc3ccccc3N2C=C1. The Hall–Kier alpha value is -1.90. The summed E-state index contributed by atoms with van der Waals surface area (Å²) in [7, 11) is 0. The molecule has 0 atom stereocenters. The Morgan fingerprint density at radius 3 is 2.93 bits per heavy atom. The van der Waals surface area contributed by atoms with Crippen molar-refractivity contribution in [3.8, 4) is 0 Å². The van der Waals surface area contributed by atoms with E-state index in [1.54, 1.807) is 0 Å². The number of allylic oxidation sites excluding steroid dienone is 1. The maximum absolute atomic E-state index is 5.78. The van der Waals surface area contributed by atoms with Gasteiger partial charge in [0.2, 0.25) is 0 Å². The van der Waals surface area contributed by atoms with Crippen LogP contribution < -0.4 is 10.5 Å². The van der Waals surface area contributed by atoms with Crippen LogP contribution in [0, 0.1) is 0 Å². The first kappa shape index (κ1) is 8.42. The van der Waals surface area contributed by atoms with E-state index in [4.69, 9.17) is 5.73 Å². The first-order valence-electron chi connectivity index (χ1n) is 5.06. The summed E-state index contributed by atoms with van der Waals surface area (Å²) in [5.74, 6) is 4.23.